The molecule has 0 atom stereocenters. The molecule has 0 aromatic carbocycles. The van der Waals surface area contributed by atoms with Gasteiger partial charge in [-0.15, -0.1) is 0 Å². The molecule has 0 heterocycles. The van der Waals surface area contributed by atoms with Gasteiger partial charge < -0.3 is 0 Å². The third-order valence-corrected chi connectivity index (χ3v) is 0.910. The van der Waals surface area contributed by atoms with Gasteiger partial charge in [-0.3, -0.25) is 0 Å². The normalized spacial score (nSPS) is 8.14. The molecule has 0 fully saturated rings. The Kier molecular flexibility index (Phi) is 3.69. The van der Waals surface area contributed by atoms with Crippen LogP contribution in [0, 0.1) is 0 Å². The van der Waals surface area contributed by atoms with E-state index in [0.717, 1.165) is 6.42 Å². The van der Waals surface area contributed by atoms with Gasteiger partial charge in [0.1, 0.15) is 0 Å². The zero-order valence-electron chi connectivity index (χ0n) is 4.14. The van der Waals surface area contributed by atoms with Crippen molar-refractivity contribution in [3.05, 3.63) is 0 Å². The molecule has 0 rings (SSSR count). The molecule has 2 nitrogen and oxygen atoms in total. The lowest BCUT2D eigenvalue weighted by atomic mass is 10.4. The Morgan fingerprint density at radius 1 is 1.57 bits per heavy atom. The predicted molar refractivity (Wildman–Crippen MR) is 28.8 cm³/mol. The molecule has 0 N–H and O–H groups in total. The summed E-state index contributed by atoms with van der Waals surface area (Å²) in [6, 6.07) is 0. The summed E-state index contributed by atoms with van der Waals surface area (Å²) in [7, 11) is -2.07. The van der Waals surface area contributed by atoms with Gasteiger partial charge in [-0.05, 0) is 6.42 Å². The first-order chi connectivity index (χ1) is 3.27. The van der Waals surface area contributed by atoms with E-state index in [1.807, 2.05) is 6.92 Å². The summed E-state index contributed by atoms with van der Waals surface area (Å²) in [5.41, 5.74) is 0. The highest BCUT2D eigenvalue weighted by molar-refractivity contribution is 7.71. The van der Waals surface area contributed by atoms with Crippen LogP contribution in [0.4, 0.5) is 0 Å². The summed E-state index contributed by atoms with van der Waals surface area (Å²) in [4.78, 5) is 0. The van der Waals surface area contributed by atoms with Crippen LogP contribution in [0.15, 0.2) is 0 Å². The maximum atomic E-state index is 9.65. The Bertz CT molecular complexity index is 135. The minimum absolute atomic E-state index is 0.538. The number of hydrogen-bond donors (Lipinski definition) is 0. The molecule has 0 aliphatic rings. The molecule has 3 heteroatoms. The van der Waals surface area contributed by atoms with Crippen molar-refractivity contribution >= 4 is 15.7 Å². The summed E-state index contributed by atoms with van der Waals surface area (Å²) in [5.74, 6) is 0. The van der Waals surface area contributed by atoms with Crippen LogP contribution >= 0.6 is 0 Å². The van der Waals surface area contributed by atoms with Crippen molar-refractivity contribution in [2.24, 2.45) is 0 Å². The first-order valence-electron chi connectivity index (χ1n) is 2.10. The Balaban J connectivity index is 3.49. The van der Waals surface area contributed by atoms with Crippen molar-refractivity contribution in [2.45, 2.75) is 19.8 Å². The van der Waals surface area contributed by atoms with Crippen molar-refractivity contribution < 1.29 is 8.42 Å². The lowest BCUT2D eigenvalue weighted by Crippen LogP contribution is -1.71. The average Bonchev–Trinajstić information content (AvgIpc) is 1.61. The Hall–Kier alpha value is -0.310. The topological polar surface area (TPSA) is 34.1 Å². The third-order valence-electron chi connectivity index (χ3n) is 0.470. The zero-order chi connectivity index (χ0) is 5.70. The second kappa shape index (κ2) is 3.87. The van der Waals surface area contributed by atoms with Gasteiger partial charge in [-0.2, -0.15) is 8.42 Å². The molecule has 0 saturated heterocycles. The van der Waals surface area contributed by atoms with E-state index in [-0.39, 0.29) is 0 Å². The van der Waals surface area contributed by atoms with Crippen molar-refractivity contribution in [1.82, 2.24) is 0 Å². The highest BCUT2D eigenvalue weighted by Gasteiger charge is 1.72. The van der Waals surface area contributed by atoms with Crippen LogP contribution in [0.5, 0.6) is 0 Å². The smallest absolute Gasteiger partial charge is 0.184 e. The molecular formula is C4H7O2S. The van der Waals surface area contributed by atoms with Crippen molar-refractivity contribution in [3.8, 4) is 0 Å². The summed E-state index contributed by atoms with van der Waals surface area (Å²) in [6.07, 6.45) is 1.38. The molecule has 0 unspecified atom stereocenters. The third kappa shape index (κ3) is 5.69. The molecule has 0 spiro atoms. The number of hydrogen-bond acceptors (Lipinski definition) is 2. The van der Waals surface area contributed by atoms with Gasteiger partial charge in [0.15, 0.2) is 0 Å². The van der Waals surface area contributed by atoms with Gasteiger partial charge >= 0.3 is 0 Å². The molecule has 1 radical (unpaired) electrons. The van der Waals surface area contributed by atoms with Gasteiger partial charge in [0, 0.05) is 0 Å². The monoisotopic (exact) mass is 119 g/mol. The molecule has 0 aliphatic carbocycles. The average molecular weight is 119 g/mol. The van der Waals surface area contributed by atoms with E-state index < -0.39 is 10.3 Å². The second-order valence-electron chi connectivity index (χ2n) is 1.13. The van der Waals surface area contributed by atoms with E-state index in [1.165, 1.54) is 0 Å². The van der Waals surface area contributed by atoms with Crippen LogP contribution in [0.1, 0.15) is 19.8 Å². The molecule has 0 aromatic heterocycles. The van der Waals surface area contributed by atoms with Crippen LogP contribution in [0.25, 0.3) is 0 Å². The Labute approximate surface area is 44.7 Å². The lowest BCUT2D eigenvalue weighted by Gasteiger charge is -1.70. The molecule has 0 saturated carbocycles. The van der Waals surface area contributed by atoms with E-state index in [1.54, 1.807) is 0 Å². The van der Waals surface area contributed by atoms with E-state index in [0.29, 0.717) is 6.42 Å². The number of unbranched alkanes of at least 4 members (excludes halogenated alkanes) is 1. The van der Waals surface area contributed by atoms with Gasteiger partial charge in [-0.1, -0.05) is 13.3 Å². The van der Waals surface area contributed by atoms with Gasteiger partial charge in [0.05, 0.1) is 5.37 Å². The van der Waals surface area contributed by atoms with Crippen molar-refractivity contribution in [1.29, 1.82) is 0 Å². The highest BCUT2D eigenvalue weighted by atomic mass is 32.2. The maximum absolute atomic E-state index is 9.65. The fourth-order valence-corrected chi connectivity index (χ4v) is 0.556. The fraction of sp³-hybridized carbons (Fsp3) is 0.750. The van der Waals surface area contributed by atoms with Gasteiger partial charge in [0.25, 0.3) is 0 Å². The highest BCUT2D eigenvalue weighted by Crippen LogP contribution is 1.76. The Morgan fingerprint density at radius 3 is 2.29 bits per heavy atom. The molecule has 0 aromatic rings. The van der Waals surface area contributed by atoms with E-state index >= 15 is 0 Å². The molecule has 0 amide bonds. The molecule has 0 bridgehead atoms. The summed E-state index contributed by atoms with van der Waals surface area (Å²) in [5, 5.41) is 2.21. The van der Waals surface area contributed by atoms with Crippen LogP contribution < -0.4 is 0 Å². The largest absolute Gasteiger partial charge is 0.218 e. The van der Waals surface area contributed by atoms with E-state index in [4.69, 9.17) is 0 Å². The molecular weight excluding hydrogens is 112 g/mol. The van der Waals surface area contributed by atoms with Crippen LogP contribution in [-0.2, 0) is 10.3 Å². The van der Waals surface area contributed by atoms with Gasteiger partial charge in [-0.25, -0.2) is 0 Å². The van der Waals surface area contributed by atoms with Crippen molar-refractivity contribution in [2.75, 3.05) is 0 Å². The van der Waals surface area contributed by atoms with Crippen LogP contribution in [0.3, 0.4) is 0 Å². The summed E-state index contributed by atoms with van der Waals surface area (Å²) < 4.78 is 19.3. The van der Waals surface area contributed by atoms with Crippen LogP contribution in [0.2, 0.25) is 0 Å². The molecule has 0 aliphatic heterocycles. The summed E-state index contributed by atoms with van der Waals surface area (Å²) in [6.45, 7) is 1.90. The van der Waals surface area contributed by atoms with E-state index in [2.05, 4.69) is 5.37 Å². The SMILES string of the molecule is CCC[C]=S(=O)=O. The fourth-order valence-electron chi connectivity index (χ4n) is 0.185. The maximum Gasteiger partial charge on any atom is 0.218 e. The van der Waals surface area contributed by atoms with Crippen LogP contribution in [-0.4, -0.2) is 13.8 Å². The van der Waals surface area contributed by atoms with Gasteiger partial charge in [0.2, 0.25) is 10.3 Å². The Morgan fingerprint density at radius 2 is 2.14 bits per heavy atom. The lowest BCUT2D eigenvalue weighted by molar-refractivity contribution is 0.627. The van der Waals surface area contributed by atoms with Crippen molar-refractivity contribution in [3.63, 3.8) is 0 Å². The minimum atomic E-state index is -2.07. The molecule has 7 heavy (non-hydrogen) atoms. The predicted octanol–water partition coefficient (Wildman–Crippen LogP) is 0.345. The minimum Gasteiger partial charge on any atom is -0.184 e. The number of rotatable bonds is 2. The standard InChI is InChI=1S/C4H7O2S/c1-2-3-4-7(5)6/h2-3H2,1H3. The first-order valence-corrected chi connectivity index (χ1v) is 3.17. The molecule has 41 valence electrons. The first kappa shape index (κ1) is 6.69. The second-order valence-corrected chi connectivity index (χ2v) is 1.89. The van der Waals surface area contributed by atoms with E-state index in [9.17, 15) is 8.42 Å². The zero-order valence-corrected chi connectivity index (χ0v) is 4.96. The quantitative estimate of drug-likeness (QED) is 0.491. The summed E-state index contributed by atoms with van der Waals surface area (Å²) >= 11 is 0.